The Balaban J connectivity index is 3.62. The van der Waals surface area contributed by atoms with Crippen LogP contribution in [0.2, 0.25) is 10.2 Å². The molecule has 0 bridgehead atoms. The second-order valence-corrected chi connectivity index (χ2v) is 4.18. The minimum Gasteiger partial charge on any atom is -0.229 e. The molecule has 8 heteroatoms. The van der Waals surface area contributed by atoms with E-state index in [-0.39, 0.29) is 13.7 Å². The van der Waals surface area contributed by atoms with Gasteiger partial charge >= 0.3 is 6.18 Å². The van der Waals surface area contributed by atoms with E-state index in [2.05, 4.69) is 4.98 Å². The first-order chi connectivity index (χ1) is 6.79. The fraction of sp³-hybridized carbons (Fsp3) is 0.143. The van der Waals surface area contributed by atoms with Gasteiger partial charge in [-0.05, 0) is 22.6 Å². The number of hydrogen-bond acceptors (Lipinski definition) is 2. The minimum absolute atomic E-state index is 0.125. The topological polar surface area (TPSA) is 36.7 Å². The van der Waals surface area contributed by atoms with Crippen LogP contribution in [0.5, 0.6) is 0 Å². The molecule has 1 aromatic heterocycles. The van der Waals surface area contributed by atoms with E-state index in [0.29, 0.717) is 0 Å². The number of aromatic nitrogens is 1. The molecule has 0 aromatic carbocycles. The molecule has 0 spiro atoms. The molecule has 1 aromatic rings. The number of halogens is 6. The third-order valence-electron chi connectivity index (χ3n) is 1.42. The summed E-state index contributed by atoms with van der Waals surface area (Å²) in [6, 6.07) is 1.36. The molecule has 80 valence electrons. The van der Waals surface area contributed by atoms with Crippen LogP contribution in [0.25, 0.3) is 0 Å². The van der Waals surface area contributed by atoms with Gasteiger partial charge in [0.25, 0.3) is 0 Å². The maximum absolute atomic E-state index is 12.4. The molecular formula is C7Cl2F3IN2. The Morgan fingerprint density at radius 1 is 1.33 bits per heavy atom. The molecule has 0 fully saturated rings. The third-order valence-corrected chi connectivity index (χ3v) is 3.76. The van der Waals surface area contributed by atoms with Crippen LogP contribution >= 0.6 is 45.8 Å². The molecule has 0 atom stereocenters. The maximum atomic E-state index is 12.4. The van der Waals surface area contributed by atoms with Gasteiger partial charge in [0, 0.05) is 0 Å². The van der Waals surface area contributed by atoms with E-state index in [1.807, 2.05) is 0 Å². The van der Waals surface area contributed by atoms with Crippen molar-refractivity contribution in [1.82, 2.24) is 4.98 Å². The highest BCUT2D eigenvalue weighted by Gasteiger charge is 2.38. The summed E-state index contributed by atoms with van der Waals surface area (Å²) in [6.07, 6.45) is -4.75. The van der Waals surface area contributed by atoms with Crippen molar-refractivity contribution in [3.05, 3.63) is 25.0 Å². The van der Waals surface area contributed by atoms with Crippen molar-refractivity contribution >= 4 is 45.8 Å². The number of rotatable bonds is 0. The summed E-state index contributed by atoms with van der Waals surface area (Å²) in [5.74, 6) is 0. The van der Waals surface area contributed by atoms with E-state index in [9.17, 15) is 13.2 Å². The third kappa shape index (κ3) is 2.46. The molecule has 1 rings (SSSR count). The van der Waals surface area contributed by atoms with E-state index < -0.39 is 17.4 Å². The molecule has 1 heterocycles. The molecular weight excluding hydrogens is 367 g/mol. The first-order valence-corrected chi connectivity index (χ1v) is 5.14. The zero-order chi connectivity index (χ0) is 11.8. The number of hydrogen-bond donors (Lipinski definition) is 0. The Kier molecular flexibility index (Phi) is 3.68. The standard InChI is InChI=1S/C7Cl2F3IN2/c8-3-2(1-14)5(7(10,11)12)15-6(9)4(3)13. The highest BCUT2D eigenvalue weighted by molar-refractivity contribution is 14.1. The first kappa shape index (κ1) is 12.8. The zero-order valence-electron chi connectivity index (χ0n) is 6.66. The van der Waals surface area contributed by atoms with Gasteiger partial charge in [-0.3, -0.25) is 0 Å². The van der Waals surface area contributed by atoms with Crippen molar-refractivity contribution in [2.45, 2.75) is 6.18 Å². The number of nitrogens with zero attached hydrogens (tertiary/aromatic N) is 2. The van der Waals surface area contributed by atoms with Gasteiger partial charge in [-0.1, -0.05) is 23.2 Å². The van der Waals surface area contributed by atoms with Crippen molar-refractivity contribution < 1.29 is 13.2 Å². The van der Waals surface area contributed by atoms with Gasteiger partial charge in [-0.25, -0.2) is 4.98 Å². The Morgan fingerprint density at radius 2 is 1.87 bits per heavy atom. The van der Waals surface area contributed by atoms with Crippen LogP contribution in [-0.2, 0) is 6.18 Å². The number of pyridine rings is 1. The summed E-state index contributed by atoms with van der Waals surface area (Å²) in [5, 5.41) is 7.86. The predicted molar refractivity (Wildman–Crippen MR) is 56.7 cm³/mol. The lowest BCUT2D eigenvalue weighted by Gasteiger charge is -2.10. The van der Waals surface area contributed by atoms with Crippen LogP contribution < -0.4 is 0 Å². The highest BCUT2D eigenvalue weighted by Crippen LogP contribution is 2.37. The zero-order valence-corrected chi connectivity index (χ0v) is 10.3. The molecule has 0 aliphatic rings. The monoisotopic (exact) mass is 366 g/mol. The lowest BCUT2D eigenvalue weighted by molar-refractivity contribution is -0.141. The molecule has 0 N–H and O–H groups in total. The van der Waals surface area contributed by atoms with Gasteiger partial charge in [0.15, 0.2) is 5.69 Å². The van der Waals surface area contributed by atoms with Crippen LogP contribution in [0.1, 0.15) is 11.3 Å². The van der Waals surface area contributed by atoms with E-state index in [0.717, 1.165) is 0 Å². The quantitative estimate of drug-likeness (QED) is 0.516. The number of nitriles is 1. The lowest BCUT2D eigenvalue weighted by Crippen LogP contribution is -2.12. The van der Waals surface area contributed by atoms with E-state index in [1.165, 1.54) is 6.07 Å². The highest BCUT2D eigenvalue weighted by atomic mass is 127. The molecule has 0 unspecified atom stereocenters. The van der Waals surface area contributed by atoms with Gasteiger partial charge in [-0.15, -0.1) is 0 Å². The first-order valence-electron chi connectivity index (χ1n) is 3.30. The van der Waals surface area contributed by atoms with Crippen LogP contribution in [0.4, 0.5) is 13.2 Å². The molecule has 0 amide bonds. The van der Waals surface area contributed by atoms with E-state index in [4.69, 9.17) is 28.5 Å². The van der Waals surface area contributed by atoms with Crippen LogP contribution in [0.3, 0.4) is 0 Å². The summed E-state index contributed by atoms with van der Waals surface area (Å²) < 4.78 is 37.3. The lowest BCUT2D eigenvalue weighted by atomic mass is 10.2. The van der Waals surface area contributed by atoms with Crippen molar-refractivity contribution in [2.75, 3.05) is 0 Å². The normalized spacial score (nSPS) is 11.3. The van der Waals surface area contributed by atoms with Gasteiger partial charge in [0.2, 0.25) is 0 Å². The average Bonchev–Trinajstić information content (AvgIpc) is 2.12. The molecule has 0 aliphatic carbocycles. The van der Waals surface area contributed by atoms with Crippen molar-refractivity contribution in [3.8, 4) is 6.07 Å². The summed E-state index contributed by atoms with van der Waals surface area (Å²) in [4.78, 5) is 3.10. The average molecular weight is 367 g/mol. The SMILES string of the molecule is N#Cc1c(C(F)(F)F)nc(Cl)c(I)c1Cl. The summed E-state index contributed by atoms with van der Waals surface area (Å²) in [7, 11) is 0. The van der Waals surface area contributed by atoms with Crippen molar-refractivity contribution in [3.63, 3.8) is 0 Å². The minimum atomic E-state index is -4.75. The largest absolute Gasteiger partial charge is 0.434 e. The van der Waals surface area contributed by atoms with E-state index >= 15 is 0 Å². The van der Waals surface area contributed by atoms with Crippen LogP contribution in [0, 0.1) is 14.9 Å². The van der Waals surface area contributed by atoms with Gasteiger partial charge in [-0.2, -0.15) is 18.4 Å². The fourth-order valence-corrected chi connectivity index (χ4v) is 1.65. The fourth-order valence-electron chi connectivity index (χ4n) is 0.815. The second kappa shape index (κ2) is 4.31. The predicted octanol–water partition coefficient (Wildman–Crippen LogP) is 3.88. The molecule has 15 heavy (non-hydrogen) atoms. The Labute approximate surface area is 106 Å². The van der Waals surface area contributed by atoms with Gasteiger partial charge in [0.05, 0.1) is 8.59 Å². The van der Waals surface area contributed by atoms with Crippen molar-refractivity contribution in [2.24, 2.45) is 0 Å². The smallest absolute Gasteiger partial charge is 0.229 e. The molecule has 0 aliphatic heterocycles. The van der Waals surface area contributed by atoms with Gasteiger partial charge in [0.1, 0.15) is 16.8 Å². The number of alkyl halides is 3. The second-order valence-electron chi connectivity index (χ2n) is 2.36. The maximum Gasteiger partial charge on any atom is 0.434 e. The van der Waals surface area contributed by atoms with Crippen molar-refractivity contribution in [1.29, 1.82) is 5.26 Å². The van der Waals surface area contributed by atoms with E-state index in [1.54, 1.807) is 22.6 Å². The van der Waals surface area contributed by atoms with Gasteiger partial charge < -0.3 is 0 Å². The summed E-state index contributed by atoms with van der Waals surface area (Å²) in [6.45, 7) is 0. The molecule has 2 nitrogen and oxygen atoms in total. The Hall–Kier alpha value is -0.260. The molecule has 0 saturated carbocycles. The molecule has 0 saturated heterocycles. The summed E-state index contributed by atoms with van der Waals surface area (Å²) in [5.41, 5.74) is -2.07. The Bertz CT molecular complexity index is 453. The van der Waals surface area contributed by atoms with Crippen LogP contribution in [0.15, 0.2) is 0 Å². The Morgan fingerprint density at radius 3 is 2.27 bits per heavy atom. The summed E-state index contributed by atoms with van der Waals surface area (Å²) >= 11 is 12.6. The van der Waals surface area contributed by atoms with Crippen LogP contribution in [-0.4, -0.2) is 4.98 Å². The molecule has 0 radical (unpaired) electrons.